The highest BCUT2D eigenvalue weighted by atomic mass is 16.5. The first-order chi connectivity index (χ1) is 12.0. The molecule has 1 aromatic carbocycles. The summed E-state index contributed by atoms with van der Waals surface area (Å²) in [4.78, 5) is 26.7. The van der Waals surface area contributed by atoms with Gasteiger partial charge in [-0.25, -0.2) is 9.78 Å². The molecule has 2 aromatic rings. The SMILES string of the molecule is COc1cc2c(cc1CNC(=O)c1ccc(C(=O)O)nc1)OC(C)C2. The number of amides is 1. The van der Waals surface area contributed by atoms with E-state index in [1.165, 1.54) is 18.3 Å². The molecule has 1 aromatic heterocycles. The standard InChI is InChI=1S/C18H18N2O5/c1-10-5-12-6-15(24-2)13(7-16(12)25-10)9-20-17(21)11-3-4-14(18(22)23)19-8-11/h3-4,6-8,10H,5,9H2,1-2H3,(H,20,21)(H,22,23). The summed E-state index contributed by atoms with van der Waals surface area (Å²) in [5, 5.41) is 11.6. The van der Waals surface area contributed by atoms with Gasteiger partial charge in [-0.05, 0) is 31.2 Å². The van der Waals surface area contributed by atoms with Gasteiger partial charge in [-0.1, -0.05) is 0 Å². The highest BCUT2D eigenvalue weighted by molar-refractivity contribution is 5.94. The Morgan fingerprint density at radius 1 is 1.40 bits per heavy atom. The number of nitrogens with one attached hydrogen (secondary N) is 1. The molecule has 1 unspecified atom stereocenters. The second kappa shape index (κ2) is 6.80. The molecular formula is C18H18N2O5. The molecule has 0 saturated heterocycles. The van der Waals surface area contributed by atoms with Crippen molar-refractivity contribution in [2.45, 2.75) is 26.0 Å². The normalized spacial score (nSPS) is 15.2. The van der Waals surface area contributed by atoms with Gasteiger partial charge in [-0.3, -0.25) is 4.79 Å². The predicted molar refractivity (Wildman–Crippen MR) is 89.2 cm³/mol. The first-order valence-electron chi connectivity index (χ1n) is 7.82. The molecule has 2 heterocycles. The van der Waals surface area contributed by atoms with Crippen molar-refractivity contribution < 1.29 is 24.2 Å². The molecule has 1 aliphatic heterocycles. The third kappa shape index (κ3) is 3.55. The fourth-order valence-corrected chi connectivity index (χ4v) is 2.74. The van der Waals surface area contributed by atoms with E-state index in [1.807, 2.05) is 19.1 Å². The number of carboxylic acid groups (broad SMARTS) is 1. The summed E-state index contributed by atoms with van der Waals surface area (Å²) in [6, 6.07) is 6.53. The Bertz CT molecular complexity index is 817. The van der Waals surface area contributed by atoms with Crippen molar-refractivity contribution in [3.05, 3.63) is 52.8 Å². The van der Waals surface area contributed by atoms with Crippen LogP contribution in [0.4, 0.5) is 0 Å². The molecule has 1 atom stereocenters. The number of aromatic nitrogens is 1. The van der Waals surface area contributed by atoms with E-state index < -0.39 is 5.97 Å². The Kier molecular flexibility index (Phi) is 4.56. The maximum absolute atomic E-state index is 12.2. The van der Waals surface area contributed by atoms with Gasteiger partial charge in [0.2, 0.25) is 0 Å². The number of benzene rings is 1. The molecule has 1 aliphatic rings. The van der Waals surface area contributed by atoms with Gasteiger partial charge < -0.3 is 19.9 Å². The number of fused-ring (bicyclic) bond motifs is 1. The fourth-order valence-electron chi connectivity index (χ4n) is 2.74. The van der Waals surface area contributed by atoms with E-state index in [0.29, 0.717) is 5.75 Å². The van der Waals surface area contributed by atoms with E-state index in [-0.39, 0.29) is 29.8 Å². The Morgan fingerprint density at radius 3 is 2.84 bits per heavy atom. The number of hydrogen-bond acceptors (Lipinski definition) is 5. The lowest BCUT2D eigenvalue weighted by Crippen LogP contribution is -2.23. The van der Waals surface area contributed by atoms with Crippen LogP contribution in [0.3, 0.4) is 0 Å². The van der Waals surface area contributed by atoms with Crippen LogP contribution in [0.2, 0.25) is 0 Å². The average molecular weight is 342 g/mol. The topological polar surface area (TPSA) is 97.8 Å². The molecule has 7 heteroatoms. The number of ether oxygens (including phenoxy) is 2. The fraction of sp³-hybridized carbons (Fsp3) is 0.278. The molecule has 0 aliphatic carbocycles. The highest BCUT2D eigenvalue weighted by Crippen LogP contribution is 2.34. The summed E-state index contributed by atoms with van der Waals surface area (Å²) in [7, 11) is 1.58. The molecular weight excluding hydrogens is 324 g/mol. The van der Waals surface area contributed by atoms with Crippen molar-refractivity contribution >= 4 is 11.9 Å². The minimum absolute atomic E-state index is 0.108. The Balaban J connectivity index is 1.72. The number of carbonyl (C=O) groups is 2. The lowest BCUT2D eigenvalue weighted by Gasteiger charge is -2.12. The van der Waals surface area contributed by atoms with Gasteiger partial charge in [0.05, 0.1) is 12.7 Å². The number of nitrogens with zero attached hydrogens (tertiary/aromatic N) is 1. The molecule has 3 rings (SSSR count). The van der Waals surface area contributed by atoms with Crippen molar-refractivity contribution in [3.63, 3.8) is 0 Å². The number of pyridine rings is 1. The van der Waals surface area contributed by atoms with E-state index >= 15 is 0 Å². The van der Waals surface area contributed by atoms with Crippen molar-refractivity contribution in [1.82, 2.24) is 10.3 Å². The summed E-state index contributed by atoms with van der Waals surface area (Å²) in [6.07, 6.45) is 2.20. The van der Waals surface area contributed by atoms with Gasteiger partial charge in [-0.2, -0.15) is 0 Å². The van der Waals surface area contributed by atoms with Crippen molar-refractivity contribution in [2.24, 2.45) is 0 Å². The van der Waals surface area contributed by atoms with Crippen molar-refractivity contribution in [2.75, 3.05) is 7.11 Å². The lowest BCUT2D eigenvalue weighted by atomic mass is 10.1. The van der Waals surface area contributed by atoms with Gasteiger partial charge in [0.15, 0.2) is 0 Å². The third-order valence-electron chi connectivity index (χ3n) is 3.98. The van der Waals surface area contributed by atoms with Crippen LogP contribution in [0.25, 0.3) is 0 Å². The average Bonchev–Trinajstić information content (AvgIpc) is 2.97. The first-order valence-corrected chi connectivity index (χ1v) is 7.82. The zero-order valence-corrected chi connectivity index (χ0v) is 13.9. The molecule has 130 valence electrons. The number of carbonyl (C=O) groups excluding carboxylic acids is 1. The lowest BCUT2D eigenvalue weighted by molar-refractivity contribution is 0.0689. The van der Waals surface area contributed by atoms with Gasteiger partial charge >= 0.3 is 5.97 Å². The number of rotatable bonds is 5. The van der Waals surface area contributed by atoms with Crippen LogP contribution in [0.1, 0.15) is 38.9 Å². The van der Waals surface area contributed by atoms with Crippen LogP contribution in [-0.4, -0.2) is 35.2 Å². The predicted octanol–water partition coefficient (Wildman–Crippen LogP) is 2.04. The van der Waals surface area contributed by atoms with Crippen LogP contribution >= 0.6 is 0 Å². The van der Waals surface area contributed by atoms with Crippen LogP contribution in [0, 0.1) is 0 Å². The second-order valence-electron chi connectivity index (χ2n) is 5.82. The minimum atomic E-state index is -1.14. The van der Waals surface area contributed by atoms with Crippen LogP contribution in [0.5, 0.6) is 11.5 Å². The summed E-state index contributed by atoms with van der Waals surface area (Å²) < 4.78 is 11.1. The summed E-state index contributed by atoms with van der Waals surface area (Å²) >= 11 is 0. The molecule has 0 bridgehead atoms. The molecule has 7 nitrogen and oxygen atoms in total. The zero-order valence-electron chi connectivity index (χ0n) is 13.9. The van der Waals surface area contributed by atoms with E-state index in [4.69, 9.17) is 14.6 Å². The maximum atomic E-state index is 12.2. The van der Waals surface area contributed by atoms with Crippen LogP contribution in [-0.2, 0) is 13.0 Å². The van der Waals surface area contributed by atoms with Gasteiger partial charge in [0.1, 0.15) is 23.3 Å². The number of methoxy groups -OCH3 is 1. The van der Waals surface area contributed by atoms with Gasteiger partial charge in [0.25, 0.3) is 5.91 Å². The Labute approximate surface area is 144 Å². The molecule has 0 saturated carbocycles. The number of carboxylic acids is 1. The second-order valence-corrected chi connectivity index (χ2v) is 5.82. The Hall–Kier alpha value is -3.09. The quantitative estimate of drug-likeness (QED) is 0.863. The van der Waals surface area contributed by atoms with Crippen LogP contribution in [0.15, 0.2) is 30.5 Å². The summed E-state index contributed by atoms with van der Waals surface area (Å²) in [5.41, 5.74) is 2.07. The third-order valence-corrected chi connectivity index (χ3v) is 3.98. The smallest absolute Gasteiger partial charge is 0.354 e. The maximum Gasteiger partial charge on any atom is 0.354 e. The summed E-state index contributed by atoms with van der Waals surface area (Å²) in [6.45, 7) is 2.26. The molecule has 2 N–H and O–H groups in total. The molecule has 0 radical (unpaired) electrons. The minimum Gasteiger partial charge on any atom is -0.496 e. The largest absolute Gasteiger partial charge is 0.496 e. The highest BCUT2D eigenvalue weighted by Gasteiger charge is 2.22. The van der Waals surface area contributed by atoms with E-state index in [2.05, 4.69) is 10.3 Å². The molecule has 0 fully saturated rings. The molecule has 0 spiro atoms. The molecule has 25 heavy (non-hydrogen) atoms. The zero-order chi connectivity index (χ0) is 18.0. The van der Waals surface area contributed by atoms with Crippen LogP contribution < -0.4 is 14.8 Å². The van der Waals surface area contributed by atoms with E-state index in [1.54, 1.807) is 7.11 Å². The van der Waals surface area contributed by atoms with Gasteiger partial charge in [-0.15, -0.1) is 0 Å². The monoisotopic (exact) mass is 342 g/mol. The van der Waals surface area contributed by atoms with Crippen molar-refractivity contribution in [1.29, 1.82) is 0 Å². The van der Waals surface area contributed by atoms with E-state index in [0.717, 1.165) is 23.3 Å². The van der Waals surface area contributed by atoms with E-state index in [9.17, 15) is 9.59 Å². The molecule has 1 amide bonds. The van der Waals surface area contributed by atoms with Gasteiger partial charge in [0, 0.05) is 30.3 Å². The summed E-state index contributed by atoms with van der Waals surface area (Å²) in [5.74, 6) is 0.0199. The number of aromatic carboxylic acids is 1. The van der Waals surface area contributed by atoms with Crippen molar-refractivity contribution in [3.8, 4) is 11.5 Å². The number of hydrogen-bond donors (Lipinski definition) is 2. The Morgan fingerprint density at radius 2 is 2.20 bits per heavy atom. The first kappa shape index (κ1) is 16.8.